The van der Waals surface area contributed by atoms with Crippen molar-refractivity contribution >= 4 is 6.03 Å². The zero-order chi connectivity index (χ0) is 10.7. The number of likely N-dealkylation sites (tertiary alicyclic amines) is 1. The summed E-state index contributed by atoms with van der Waals surface area (Å²) in [7, 11) is 0. The van der Waals surface area contributed by atoms with Crippen molar-refractivity contribution < 1.29 is 4.79 Å². The second-order valence-corrected chi connectivity index (χ2v) is 4.37. The summed E-state index contributed by atoms with van der Waals surface area (Å²) in [6.45, 7) is 5.76. The molecule has 2 fully saturated rings. The third kappa shape index (κ3) is 2.60. The second kappa shape index (κ2) is 4.81. The zero-order valence-corrected chi connectivity index (χ0v) is 9.19. The minimum Gasteiger partial charge on any atom is -0.322 e. The molecule has 2 saturated heterocycles. The van der Waals surface area contributed by atoms with Gasteiger partial charge in [0.15, 0.2) is 0 Å². The summed E-state index contributed by atoms with van der Waals surface area (Å²) in [5.74, 6) is 5.58. The summed E-state index contributed by atoms with van der Waals surface area (Å²) < 4.78 is 0. The monoisotopic (exact) mass is 212 g/mol. The van der Waals surface area contributed by atoms with E-state index in [0.29, 0.717) is 6.54 Å². The number of hydrogen-bond acceptors (Lipinski definition) is 3. The molecule has 2 heterocycles. The molecule has 2 aliphatic rings. The Labute approximate surface area is 90.8 Å². The first-order valence-corrected chi connectivity index (χ1v) is 5.81. The molecule has 0 spiro atoms. The first kappa shape index (κ1) is 10.7. The molecule has 0 unspecified atom stereocenters. The van der Waals surface area contributed by atoms with Crippen molar-refractivity contribution in [3.05, 3.63) is 0 Å². The predicted molar refractivity (Wildman–Crippen MR) is 58.2 cm³/mol. The molecule has 2 amide bonds. The lowest BCUT2D eigenvalue weighted by Gasteiger charge is -2.33. The smallest absolute Gasteiger partial charge is 0.322 e. The highest BCUT2D eigenvalue weighted by Crippen LogP contribution is 2.09. The summed E-state index contributed by atoms with van der Waals surface area (Å²) in [6, 6.07) is -0.0135. The zero-order valence-electron chi connectivity index (χ0n) is 9.19. The number of amides is 2. The van der Waals surface area contributed by atoms with Crippen molar-refractivity contribution in [1.82, 2.24) is 14.8 Å². The van der Waals surface area contributed by atoms with Crippen LogP contribution in [0.1, 0.15) is 19.3 Å². The number of nitrogens with zero attached hydrogens (tertiary/aromatic N) is 3. The van der Waals surface area contributed by atoms with E-state index in [1.54, 1.807) is 0 Å². The first-order valence-electron chi connectivity index (χ1n) is 5.81. The average molecular weight is 212 g/mol. The Balaban J connectivity index is 1.75. The van der Waals surface area contributed by atoms with Gasteiger partial charge in [0.1, 0.15) is 0 Å². The third-order valence-corrected chi connectivity index (χ3v) is 3.23. The van der Waals surface area contributed by atoms with E-state index < -0.39 is 0 Å². The summed E-state index contributed by atoms with van der Waals surface area (Å²) >= 11 is 0. The van der Waals surface area contributed by atoms with Crippen LogP contribution >= 0.6 is 0 Å². The lowest BCUT2D eigenvalue weighted by Crippen LogP contribution is -2.53. The fourth-order valence-corrected chi connectivity index (χ4v) is 2.28. The normalized spacial score (nSPS) is 23.9. The standard InChI is InChI=1S/C10H20N4O/c11-14-7-3-6-13(10(14)15)9-8-12-4-1-2-5-12/h1-9,11H2. The van der Waals surface area contributed by atoms with Crippen molar-refractivity contribution in [2.75, 3.05) is 39.3 Å². The van der Waals surface area contributed by atoms with Crippen LogP contribution in [0, 0.1) is 0 Å². The molecule has 0 aromatic rings. The molecule has 0 saturated carbocycles. The number of hydrogen-bond donors (Lipinski definition) is 1. The van der Waals surface area contributed by atoms with Crippen LogP contribution in [0.15, 0.2) is 0 Å². The van der Waals surface area contributed by atoms with Gasteiger partial charge in [0, 0.05) is 26.2 Å². The average Bonchev–Trinajstić information content (AvgIpc) is 2.73. The molecule has 0 bridgehead atoms. The molecule has 2 rings (SSSR count). The molecule has 0 atom stereocenters. The molecular weight excluding hydrogens is 192 g/mol. The van der Waals surface area contributed by atoms with Gasteiger partial charge in [-0.15, -0.1) is 0 Å². The lowest BCUT2D eigenvalue weighted by molar-refractivity contribution is 0.124. The molecule has 0 aromatic heterocycles. The molecule has 5 nitrogen and oxygen atoms in total. The Kier molecular flexibility index (Phi) is 3.43. The van der Waals surface area contributed by atoms with Crippen LogP contribution in [0.3, 0.4) is 0 Å². The third-order valence-electron chi connectivity index (χ3n) is 3.23. The van der Waals surface area contributed by atoms with E-state index in [-0.39, 0.29) is 6.03 Å². The van der Waals surface area contributed by atoms with E-state index >= 15 is 0 Å². The molecule has 2 aliphatic heterocycles. The van der Waals surface area contributed by atoms with Crippen LogP contribution in [0.5, 0.6) is 0 Å². The topological polar surface area (TPSA) is 52.8 Å². The van der Waals surface area contributed by atoms with E-state index in [1.165, 1.54) is 30.9 Å². The lowest BCUT2D eigenvalue weighted by atomic mass is 10.3. The predicted octanol–water partition coefficient (Wildman–Crippen LogP) is 0.0836. The SMILES string of the molecule is NN1CCCN(CCN2CCCC2)C1=O. The molecule has 86 valence electrons. The van der Waals surface area contributed by atoms with Gasteiger partial charge in [-0.3, -0.25) is 5.01 Å². The summed E-state index contributed by atoms with van der Waals surface area (Å²) in [5, 5.41) is 1.33. The minimum absolute atomic E-state index is 0.0135. The summed E-state index contributed by atoms with van der Waals surface area (Å²) in [5.41, 5.74) is 0. The van der Waals surface area contributed by atoms with Gasteiger partial charge in [-0.1, -0.05) is 0 Å². The van der Waals surface area contributed by atoms with Gasteiger partial charge in [-0.05, 0) is 32.4 Å². The second-order valence-electron chi connectivity index (χ2n) is 4.37. The molecular formula is C10H20N4O. The molecule has 2 N–H and O–H groups in total. The number of rotatable bonds is 3. The van der Waals surface area contributed by atoms with Crippen LogP contribution in [0.25, 0.3) is 0 Å². The number of nitrogens with two attached hydrogens (primary N) is 1. The highest BCUT2D eigenvalue weighted by molar-refractivity contribution is 5.74. The quantitative estimate of drug-likeness (QED) is 0.532. The van der Waals surface area contributed by atoms with Gasteiger partial charge >= 0.3 is 6.03 Å². The van der Waals surface area contributed by atoms with Crippen LogP contribution < -0.4 is 5.84 Å². The van der Waals surface area contributed by atoms with Gasteiger partial charge < -0.3 is 9.80 Å². The number of carbonyl (C=O) groups excluding carboxylic acids is 1. The maximum atomic E-state index is 11.6. The van der Waals surface area contributed by atoms with Gasteiger partial charge in [-0.2, -0.15) is 0 Å². The van der Waals surface area contributed by atoms with Gasteiger partial charge in [0.05, 0.1) is 0 Å². The Morgan fingerprint density at radius 3 is 2.47 bits per heavy atom. The van der Waals surface area contributed by atoms with Crippen molar-refractivity contribution in [3.8, 4) is 0 Å². The van der Waals surface area contributed by atoms with Gasteiger partial charge in [0.2, 0.25) is 0 Å². The highest BCUT2D eigenvalue weighted by atomic mass is 16.2. The van der Waals surface area contributed by atoms with Crippen LogP contribution in [0.2, 0.25) is 0 Å². The highest BCUT2D eigenvalue weighted by Gasteiger charge is 2.23. The van der Waals surface area contributed by atoms with Crippen molar-refractivity contribution in [2.45, 2.75) is 19.3 Å². The van der Waals surface area contributed by atoms with Crippen LogP contribution in [-0.4, -0.2) is 60.1 Å². The summed E-state index contributed by atoms with van der Waals surface area (Å²) in [4.78, 5) is 15.9. The maximum absolute atomic E-state index is 11.6. The van der Waals surface area contributed by atoms with Crippen molar-refractivity contribution in [2.24, 2.45) is 5.84 Å². The number of carbonyl (C=O) groups is 1. The van der Waals surface area contributed by atoms with Crippen molar-refractivity contribution in [1.29, 1.82) is 0 Å². The Morgan fingerprint density at radius 1 is 1.00 bits per heavy atom. The fourth-order valence-electron chi connectivity index (χ4n) is 2.28. The maximum Gasteiger partial charge on any atom is 0.334 e. The van der Waals surface area contributed by atoms with Crippen LogP contribution in [-0.2, 0) is 0 Å². The minimum atomic E-state index is -0.0135. The largest absolute Gasteiger partial charge is 0.334 e. The van der Waals surface area contributed by atoms with E-state index in [1.807, 2.05) is 4.90 Å². The first-order chi connectivity index (χ1) is 7.27. The summed E-state index contributed by atoms with van der Waals surface area (Å²) in [6.07, 6.45) is 3.59. The Hall–Kier alpha value is -0.810. The van der Waals surface area contributed by atoms with Crippen molar-refractivity contribution in [3.63, 3.8) is 0 Å². The van der Waals surface area contributed by atoms with E-state index in [9.17, 15) is 4.79 Å². The molecule has 0 aliphatic carbocycles. The number of urea groups is 1. The van der Waals surface area contributed by atoms with Crippen LogP contribution in [0.4, 0.5) is 4.79 Å². The molecule has 15 heavy (non-hydrogen) atoms. The van der Waals surface area contributed by atoms with E-state index in [2.05, 4.69) is 4.90 Å². The van der Waals surface area contributed by atoms with Gasteiger partial charge in [0.25, 0.3) is 0 Å². The van der Waals surface area contributed by atoms with E-state index in [4.69, 9.17) is 5.84 Å². The Morgan fingerprint density at radius 2 is 1.73 bits per heavy atom. The molecule has 0 radical (unpaired) electrons. The number of hydrazine groups is 1. The van der Waals surface area contributed by atoms with Gasteiger partial charge in [-0.25, -0.2) is 10.6 Å². The fraction of sp³-hybridized carbons (Fsp3) is 0.900. The Bertz CT molecular complexity index is 227. The van der Waals surface area contributed by atoms with E-state index in [0.717, 1.165) is 26.1 Å². The molecule has 0 aromatic carbocycles. The molecule has 5 heteroatoms.